The van der Waals surface area contributed by atoms with Crippen LogP contribution in [0.15, 0.2) is 42.5 Å². The third-order valence-corrected chi connectivity index (χ3v) is 4.27. The van der Waals surface area contributed by atoms with E-state index in [1.165, 1.54) is 12.7 Å². The van der Waals surface area contributed by atoms with Gasteiger partial charge in [-0.3, -0.25) is 4.79 Å². The average Bonchev–Trinajstić information content (AvgIpc) is 2.60. The van der Waals surface area contributed by atoms with Crippen molar-refractivity contribution in [2.24, 2.45) is 0 Å². The van der Waals surface area contributed by atoms with Crippen LogP contribution in [-0.4, -0.2) is 20.1 Å². The van der Waals surface area contributed by atoms with Crippen molar-refractivity contribution in [1.82, 2.24) is 5.32 Å². The highest BCUT2D eigenvalue weighted by atomic mass is 16.5. The molecule has 134 valence electrons. The van der Waals surface area contributed by atoms with Crippen molar-refractivity contribution in [3.8, 4) is 11.5 Å². The summed E-state index contributed by atoms with van der Waals surface area (Å²) in [6.07, 6.45) is 0. The van der Waals surface area contributed by atoms with E-state index in [1.807, 2.05) is 6.92 Å². The minimum atomic E-state index is -0.192. The molecule has 0 aliphatic rings. The van der Waals surface area contributed by atoms with Gasteiger partial charge in [-0.1, -0.05) is 51.1 Å². The molecule has 0 aromatic heterocycles. The standard InChI is InChI=1S/C21H27NO3/c1-14(15-10-12-16(13-11-15)21(2,3)4)22-20(23)17-8-7-9-18(24-5)19(17)25-6/h7-14H,1-6H3,(H,22,23)/t14-/m1/s1. The Hall–Kier alpha value is -2.49. The van der Waals surface area contributed by atoms with Crippen LogP contribution in [0.5, 0.6) is 11.5 Å². The summed E-state index contributed by atoms with van der Waals surface area (Å²) in [6.45, 7) is 8.52. The maximum absolute atomic E-state index is 12.7. The van der Waals surface area contributed by atoms with Gasteiger partial charge in [-0.05, 0) is 35.6 Å². The summed E-state index contributed by atoms with van der Waals surface area (Å²) in [5.74, 6) is 0.790. The van der Waals surface area contributed by atoms with Crippen LogP contribution >= 0.6 is 0 Å². The Morgan fingerprint density at radius 3 is 2.16 bits per heavy atom. The fourth-order valence-electron chi connectivity index (χ4n) is 2.70. The number of nitrogens with one attached hydrogen (secondary N) is 1. The third kappa shape index (κ3) is 4.32. The zero-order valence-corrected chi connectivity index (χ0v) is 15.8. The fraction of sp³-hybridized carbons (Fsp3) is 0.381. The molecule has 0 fully saturated rings. The predicted molar refractivity (Wildman–Crippen MR) is 101 cm³/mol. The fourth-order valence-corrected chi connectivity index (χ4v) is 2.70. The number of rotatable bonds is 5. The summed E-state index contributed by atoms with van der Waals surface area (Å²) < 4.78 is 10.6. The van der Waals surface area contributed by atoms with Crippen molar-refractivity contribution < 1.29 is 14.3 Å². The van der Waals surface area contributed by atoms with E-state index in [2.05, 4.69) is 50.4 Å². The lowest BCUT2D eigenvalue weighted by molar-refractivity contribution is 0.0936. The minimum Gasteiger partial charge on any atom is -0.493 e. The van der Waals surface area contributed by atoms with E-state index in [0.29, 0.717) is 17.1 Å². The molecule has 4 nitrogen and oxygen atoms in total. The van der Waals surface area contributed by atoms with E-state index in [0.717, 1.165) is 5.56 Å². The molecule has 1 atom stereocenters. The number of hydrogen-bond donors (Lipinski definition) is 1. The van der Waals surface area contributed by atoms with Gasteiger partial charge in [0.15, 0.2) is 11.5 Å². The molecular weight excluding hydrogens is 314 g/mol. The van der Waals surface area contributed by atoms with Crippen molar-refractivity contribution in [1.29, 1.82) is 0 Å². The summed E-state index contributed by atoms with van der Waals surface area (Å²) >= 11 is 0. The molecule has 0 aliphatic heterocycles. The quantitative estimate of drug-likeness (QED) is 0.871. The van der Waals surface area contributed by atoms with E-state index < -0.39 is 0 Å². The molecular formula is C21H27NO3. The highest BCUT2D eigenvalue weighted by molar-refractivity contribution is 5.98. The molecule has 0 bridgehead atoms. The number of carbonyl (C=O) groups excluding carboxylic acids is 1. The van der Waals surface area contributed by atoms with Gasteiger partial charge in [0.05, 0.1) is 25.8 Å². The van der Waals surface area contributed by atoms with Crippen LogP contribution in [0.4, 0.5) is 0 Å². The molecule has 1 amide bonds. The van der Waals surface area contributed by atoms with Gasteiger partial charge in [0.2, 0.25) is 0 Å². The van der Waals surface area contributed by atoms with Gasteiger partial charge in [0.25, 0.3) is 5.91 Å². The van der Waals surface area contributed by atoms with Gasteiger partial charge in [-0.15, -0.1) is 0 Å². The molecule has 0 unspecified atom stereocenters. The molecule has 1 N–H and O–H groups in total. The zero-order chi connectivity index (χ0) is 18.6. The molecule has 0 spiro atoms. The van der Waals surface area contributed by atoms with E-state index in [-0.39, 0.29) is 17.4 Å². The molecule has 0 saturated heterocycles. The second-order valence-corrected chi connectivity index (χ2v) is 7.11. The molecule has 2 aromatic rings. The number of benzene rings is 2. The molecule has 0 saturated carbocycles. The van der Waals surface area contributed by atoms with E-state index in [9.17, 15) is 4.79 Å². The van der Waals surface area contributed by atoms with Gasteiger partial charge in [0.1, 0.15) is 0 Å². The van der Waals surface area contributed by atoms with Crippen molar-refractivity contribution in [3.63, 3.8) is 0 Å². The normalized spacial score (nSPS) is 12.4. The van der Waals surface area contributed by atoms with Crippen LogP contribution < -0.4 is 14.8 Å². The van der Waals surface area contributed by atoms with Crippen LogP contribution in [0.25, 0.3) is 0 Å². The Morgan fingerprint density at radius 2 is 1.64 bits per heavy atom. The number of para-hydroxylation sites is 1. The zero-order valence-electron chi connectivity index (χ0n) is 15.8. The number of ether oxygens (including phenoxy) is 2. The van der Waals surface area contributed by atoms with E-state index in [4.69, 9.17) is 9.47 Å². The molecule has 4 heteroatoms. The maximum atomic E-state index is 12.7. The Morgan fingerprint density at radius 1 is 1.00 bits per heavy atom. The highest BCUT2D eigenvalue weighted by Gasteiger charge is 2.19. The lowest BCUT2D eigenvalue weighted by atomic mass is 9.86. The highest BCUT2D eigenvalue weighted by Crippen LogP contribution is 2.31. The predicted octanol–water partition coefficient (Wildman–Crippen LogP) is 4.49. The topological polar surface area (TPSA) is 47.6 Å². The number of hydrogen-bond acceptors (Lipinski definition) is 3. The van der Waals surface area contributed by atoms with Crippen molar-refractivity contribution >= 4 is 5.91 Å². The lowest BCUT2D eigenvalue weighted by Gasteiger charge is -2.21. The first-order valence-corrected chi connectivity index (χ1v) is 8.40. The molecule has 2 rings (SSSR count). The van der Waals surface area contributed by atoms with E-state index in [1.54, 1.807) is 25.3 Å². The second-order valence-electron chi connectivity index (χ2n) is 7.11. The maximum Gasteiger partial charge on any atom is 0.255 e. The van der Waals surface area contributed by atoms with Crippen molar-refractivity contribution in [3.05, 3.63) is 59.2 Å². The molecule has 0 heterocycles. The molecule has 25 heavy (non-hydrogen) atoms. The SMILES string of the molecule is COc1cccc(C(=O)N[C@H](C)c2ccc(C(C)(C)C)cc2)c1OC. The largest absolute Gasteiger partial charge is 0.493 e. The Bertz CT molecular complexity index is 730. The van der Waals surface area contributed by atoms with Crippen LogP contribution in [0.3, 0.4) is 0 Å². The summed E-state index contributed by atoms with van der Waals surface area (Å²) in [4.78, 5) is 12.7. The summed E-state index contributed by atoms with van der Waals surface area (Å²) in [7, 11) is 3.09. The van der Waals surface area contributed by atoms with E-state index >= 15 is 0 Å². The summed E-state index contributed by atoms with van der Waals surface area (Å²) in [5.41, 5.74) is 2.89. The van der Waals surface area contributed by atoms with Gasteiger partial charge >= 0.3 is 0 Å². The Kier molecular flexibility index (Phi) is 5.73. The van der Waals surface area contributed by atoms with Gasteiger partial charge < -0.3 is 14.8 Å². The first kappa shape index (κ1) is 18.8. The van der Waals surface area contributed by atoms with Crippen LogP contribution in [0.1, 0.15) is 55.2 Å². The van der Waals surface area contributed by atoms with Crippen molar-refractivity contribution in [2.75, 3.05) is 14.2 Å². The molecule has 0 aliphatic carbocycles. The first-order valence-electron chi connectivity index (χ1n) is 8.40. The monoisotopic (exact) mass is 341 g/mol. The number of carbonyl (C=O) groups is 1. The smallest absolute Gasteiger partial charge is 0.255 e. The first-order chi connectivity index (χ1) is 11.8. The Balaban J connectivity index is 2.18. The molecule has 2 aromatic carbocycles. The third-order valence-electron chi connectivity index (χ3n) is 4.27. The molecule has 0 radical (unpaired) electrons. The second kappa shape index (κ2) is 7.60. The average molecular weight is 341 g/mol. The minimum absolute atomic E-state index is 0.110. The number of methoxy groups -OCH3 is 2. The van der Waals surface area contributed by atoms with Gasteiger partial charge in [-0.2, -0.15) is 0 Å². The van der Waals surface area contributed by atoms with Gasteiger partial charge in [-0.25, -0.2) is 0 Å². The number of amides is 1. The summed E-state index contributed by atoms with van der Waals surface area (Å²) in [5, 5.41) is 3.02. The summed E-state index contributed by atoms with van der Waals surface area (Å²) in [6, 6.07) is 13.5. The van der Waals surface area contributed by atoms with Crippen LogP contribution in [0.2, 0.25) is 0 Å². The lowest BCUT2D eigenvalue weighted by Crippen LogP contribution is -2.27. The van der Waals surface area contributed by atoms with Crippen LogP contribution in [-0.2, 0) is 5.41 Å². The van der Waals surface area contributed by atoms with Crippen LogP contribution in [0, 0.1) is 0 Å². The van der Waals surface area contributed by atoms with Gasteiger partial charge in [0, 0.05) is 0 Å². The Labute approximate surface area is 150 Å². The van der Waals surface area contributed by atoms with Crippen molar-refractivity contribution in [2.45, 2.75) is 39.2 Å².